The molecule has 1 aromatic heterocycles. The third kappa shape index (κ3) is 4.52. The van der Waals surface area contributed by atoms with Crippen molar-refractivity contribution in [2.24, 2.45) is 5.92 Å². The summed E-state index contributed by atoms with van der Waals surface area (Å²) in [5.41, 5.74) is 1.06. The van der Waals surface area contributed by atoms with Crippen LogP contribution in [0.3, 0.4) is 0 Å². The fourth-order valence-electron chi connectivity index (χ4n) is 2.55. The molecule has 2 rings (SSSR count). The van der Waals surface area contributed by atoms with Gasteiger partial charge in [-0.15, -0.1) is 11.3 Å². The number of likely N-dealkylation sites (tertiary alicyclic amines) is 1. The number of aryl methyl sites for hydroxylation is 2. The molecule has 6 heteroatoms. The minimum atomic E-state index is -0.0512. The van der Waals surface area contributed by atoms with E-state index in [1.54, 1.807) is 16.2 Å². The van der Waals surface area contributed by atoms with Gasteiger partial charge in [0, 0.05) is 43.5 Å². The van der Waals surface area contributed by atoms with E-state index in [1.807, 2.05) is 19.2 Å². The number of hydrogen-bond acceptors (Lipinski definition) is 4. The van der Waals surface area contributed by atoms with Gasteiger partial charge in [-0.3, -0.25) is 9.59 Å². The lowest BCUT2D eigenvalue weighted by molar-refractivity contribution is -0.138. The van der Waals surface area contributed by atoms with Crippen LogP contribution in [0.15, 0.2) is 5.38 Å². The number of nitrogens with one attached hydrogen (secondary N) is 1. The van der Waals surface area contributed by atoms with Gasteiger partial charge < -0.3 is 10.2 Å². The Morgan fingerprint density at radius 2 is 2.38 bits per heavy atom. The molecule has 5 nitrogen and oxygen atoms in total. The van der Waals surface area contributed by atoms with Gasteiger partial charge in [-0.1, -0.05) is 0 Å². The zero-order chi connectivity index (χ0) is 15.2. The van der Waals surface area contributed by atoms with Crippen molar-refractivity contribution in [1.29, 1.82) is 0 Å². The highest BCUT2D eigenvalue weighted by Crippen LogP contribution is 2.17. The fraction of sp³-hybridized carbons (Fsp3) is 0.667. The van der Waals surface area contributed by atoms with E-state index in [2.05, 4.69) is 10.3 Å². The van der Waals surface area contributed by atoms with Crippen molar-refractivity contribution in [3.63, 3.8) is 0 Å². The second-order valence-corrected chi connectivity index (χ2v) is 6.39. The predicted molar refractivity (Wildman–Crippen MR) is 83.2 cm³/mol. The summed E-state index contributed by atoms with van der Waals surface area (Å²) in [5, 5.41) is 6.16. The number of amides is 2. The lowest BCUT2D eigenvalue weighted by Gasteiger charge is -2.31. The molecule has 1 atom stereocenters. The van der Waals surface area contributed by atoms with Gasteiger partial charge in [-0.25, -0.2) is 4.98 Å². The van der Waals surface area contributed by atoms with E-state index < -0.39 is 0 Å². The Labute approximate surface area is 129 Å². The smallest absolute Gasteiger partial charge is 0.224 e. The van der Waals surface area contributed by atoms with Crippen LogP contribution in [0.2, 0.25) is 0 Å². The van der Waals surface area contributed by atoms with Crippen LogP contribution >= 0.6 is 11.3 Å². The minimum absolute atomic E-state index is 0.0512. The van der Waals surface area contributed by atoms with Crippen LogP contribution in [0.5, 0.6) is 0 Å². The lowest BCUT2D eigenvalue weighted by Crippen LogP contribution is -2.45. The average molecular weight is 309 g/mol. The largest absolute Gasteiger partial charge is 0.356 e. The predicted octanol–water partition coefficient (Wildman–Crippen LogP) is 1.76. The summed E-state index contributed by atoms with van der Waals surface area (Å²) >= 11 is 1.67. The fourth-order valence-corrected chi connectivity index (χ4v) is 3.37. The molecular weight excluding hydrogens is 286 g/mol. The Bertz CT molecular complexity index is 501. The van der Waals surface area contributed by atoms with Crippen LogP contribution in [-0.4, -0.2) is 41.3 Å². The molecule has 1 saturated heterocycles. The van der Waals surface area contributed by atoms with Crippen LogP contribution in [0.1, 0.15) is 36.9 Å². The minimum Gasteiger partial charge on any atom is -0.356 e. The maximum Gasteiger partial charge on any atom is 0.224 e. The Hall–Kier alpha value is -1.43. The number of nitrogens with zero attached hydrogens (tertiary/aromatic N) is 2. The first-order valence-electron chi connectivity index (χ1n) is 7.56. The zero-order valence-corrected chi connectivity index (χ0v) is 13.5. The Morgan fingerprint density at radius 1 is 1.57 bits per heavy atom. The molecule has 1 aliphatic rings. The molecule has 1 fully saturated rings. The van der Waals surface area contributed by atoms with Crippen LogP contribution < -0.4 is 5.32 Å². The first-order chi connectivity index (χ1) is 10.1. The number of rotatable bonds is 6. The summed E-state index contributed by atoms with van der Waals surface area (Å²) < 4.78 is 0. The first kappa shape index (κ1) is 15.9. The van der Waals surface area contributed by atoms with E-state index in [9.17, 15) is 9.59 Å². The summed E-state index contributed by atoms with van der Waals surface area (Å²) in [4.78, 5) is 29.9. The summed E-state index contributed by atoms with van der Waals surface area (Å²) in [6.45, 7) is 5.87. The molecule has 0 aliphatic carbocycles. The molecule has 21 heavy (non-hydrogen) atoms. The number of carbonyl (C=O) groups is 2. The Kier molecular flexibility index (Phi) is 5.73. The molecule has 2 heterocycles. The Morgan fingerprint density at radius 3 is 3.05 bits per heavy atom. The number of thiazole rings is 1. The Balaban J connectivity index is 1.68. The van der Waals surface area contributed by atoms with Crippen molar-refractivity contribution >= 4 is 23.2 Å². The van der Waals surface area contributed by atoms with E-state index in [1.165, 1.54) is 0 Å². The van der Waals surface area contributed by atoms with Gasteiger partial charge in [-0.05, 0) is 26.7 Å². The number of hydrogen-bond donors (Lipinski definition) is 1. The molecule has 1 aliphatic heterocycles. The van der Waals surface area contributed by atoms with Gasteiger partial charge in [0.1, 0.15) is 0 Å². The highest BCUT2D eigenvalue weighted by Gasteiger charge is 2.28. The third-order valence-corrected chi connectivity index (χ3v) is 4.81. The topological polar surface area (TPSA) is 62.3 Å². The average Bonchev–Trinajstić information content (AvgIpc) is 2.89. The van der Waals surface area contributed by atoms with E-state index in [4.69, 9.17) is 0 Å². The van der Waals surface area contributed by atoms with Crippen molar-refractivity contribution in [1.82, 2.24) is 15.2 Å². The van der Waals surface area contributed by atoms with Gasteiger partial charge >= 0.3 is 0 Å². The van der Waals surface area contributed by atoms with E-state index in [0.717, 1.165) is 23.5 Å². The monoisotopic (exact) mass is 309 g/mol. The second kappa shape index (κ2) is 7.54. The molecular formula is C15H23N3O2S. The van der Waals surface area contributed by atoms with Crippen LogP contribution in [-0.2, 0) is 16.0 Å². The maximum absolute atomic E-state index is 12.1. The van der Waals surface area contributed by atoms with Gasteiger partial charge in [0.2, 0.25) is 11.8 Å². The highest BCUT2D eigenvalue weighted by atomic mass is 32.1. The van der Waals surface area contributed by atoms with E-state index in [0.29, 0.717) is 32.5 Å². The van der Waals surface area contributed by atoms with Crippen LogP contribution in [0, 0.1) is 12.8 Å². The molecule has 0 bridgehead atoms. The lowest BCUT2D eigenvalue weighted by atomic mass is 9.96. The van der Waals surface area contributed by atoms with Gasteiger partial charge in [-0.2, -0.15) is 0 Å². The SMILES string of the molecule is CCN1C[C@H](C(=O)NCCCc2nc(C)cs2)CCC1=O. The summed E-state index contributed by atoms with van der Waals surface area (Å²) in [6.07, 6.45) is 2.97. The molecule has 0 saturated carbocycles. The van der Waals surface area contributed by atoms with Gasteiger partial charge in [0.15, 0.2) is 0 Å². The standard InChI is InChI=1S/C15H23N3O2S/c1-3-18-9-12(6-7-14(18)19)15(20)16-8-4-5-13-17-11(2)10-21-13/h10,12H,3-9H2,1-2H3,(H,16,20)/t12-/m1/s1. The summed E-state index contributed by atoms with van der Waals surface area (Å²) in [5.74, 6) is 0.196. The zero-order valence-electron chi connectivity index (χ0n) is 12.7. The highest BCUT2D eigenvalue weighted by molar-refractivity contribution is 7.09. The van der Waals surface area contributed by atoms with Gasteiger partial charge in [0.05, 0.1) is 10.9 Å². The molecule has 0 unspecified atom stereocenters. The molecule has 0 aromatic carbocycles. The van der Waals surface area contributed by atoms with E-state index >= 15 is 0 Å². The van der Waals surface area contributed by atoms with Crippen LogP contribution in [0.4, 0.5) is 0 Å². The van der Waals surface area contributed by atoms with Crippen molar-refractivity contribution in [2.45, 2.75) is 39.5 Å². The molecule has 116 valence electrons. The van der Waals surface area contributed by atoms with Crippen molar-refractivity contribution in [2.75, 3.05) is 19.6 Å². The first-order valence-corrected chi connectivity index (χ1v) is 8.44. The molecule has 1 N–H and O–H groups in total. The third-order valence-electron chi connectivity index (χ3n) is 3.79. The second-order valence-electron chi connectivity index (χ2n) is 5.45. The normalized spacial score (nSPS) is 18.9. The summed E-state index contributed by atoms with van der Waals surface area (Å²) in [7, 11) is 0. The van der Waals surface area contributed by atoms with Crippen LogP contribution in [0.25, 0.3) is 0 Å². The number of aromatic nitrogens is 1. The molecule has 0 radical (unpaired) electrons. The number of carbonyl (C=O) groups excluding carboxylic acids is 2. The van der Waals surface area contributed by atoms with Crippen molar-refractivity contribution < 1.29 is 9.59 Å². The van der Waals surface area contributed by atoms with E-state index in [-0.39, 0.29) is 17.7 Å². The molecule has 0 spiro atoms. The summed E-state index contributed by atoms with van der Waals surface area (Å²) in [6, 6.07) is 0. The van der Waals surface area contributed by atoms with Gasteiger partial charge in [0.25, 0.3) is 0 Å². The number of piperidine rings is 1. The molecule has 1 aromatic rings. The quantitative estimate of drug-likeness (QED) is 0.815. The van der Waals surface area contributed by atoms with Crippen molar-refractivity contribution in [3.05, 3.63) is 16.1 Å². The van der Waals surface area contributed by atoms with Crippen molar-refractivity contribution in [3.8, 4) is 0 Å². The maximum atomic E-state index is 12.1. The molecule has 2 amide bonds.